The summed E-state index contributed by atoms with van der Waals surface area (Å²) in [5.74, 6) is -0.322. The van der Waals surface area contributed by atoms with Gasteiger partial charge in [0, 0.05) is 18.6 Å². The molecular formula is C14H13ClN6O2. The third kappa shape index (κ3) is 3.07. The predicted molar refractivity (Wildman–Crippen MR) is 83.9 cm³/mol. The third-order valence-corrected chi connectivity index (χ3v) is 3.70. The Bertz CT molecular complexity index is 932. The molecule has 8 nitrogen and oxygen atoms in total. The van der Waals surface area contributed by atoms with Gasteiger partial charge >= 0.3 is 0 Å². The van der Waals surface area contributed by atoms with E-state index in [-0.39, 0.29) is 24.5 Å². The topological polar surface area (TPSA) is 94.7 Å². The van der Waals surface area contributed by atoms with Crippen LogP contribution in [0.4, 0.5) is 0 Å². The van der Waals surface area contributed by atoms with Crippen LogP contribution < -0.4 is 10.9 Å². The van der Waals surface area contributed by atoms with Gasteiger partial charge in [-0.3, -0.25) is 14.2 Å². The molecule has 3 aromatic rings. The van der Waals surface area contributed by atoms with Crippen molar-refractivity contribution in [2.24, 2.45) is 7.05 Å². The molecule has 0 atom stereocenters. The molecule has 0 unspecified atom stereocenters. The van der Waals surface area contributed by atoms with Crippen molar-refractivity contribution in [3.63, 3.8) is 0 Å². The molecule has 0 bridgehead atoms. The van der Waals surface area contributed by atoms with Crippen LogP contribution >= 0.6 is 11.6 Å². The molecule has 9 heteroatoms. The SMILES string of the molecule is Cn1nnc2c(=O)n(CC(=O)NCc3ccccc3Cl)cnc21. The Morgan fingerprint density at radius 3 is 2.91 bits per heavy atom. The van der Waals surface area contributed by atoms with Crippen LogP contribution in [0.2, 0.25) is 5.02 Å². The molecule has 0 saturated carbocycles. The average Bonchev–Trinajstić information content (AvgIpc) is 2.91. The molecule has 0 saturated heterocycles. The molecule has 0 aliphatic carbocycles. The maximum absolute atomic E-state index is 12.2. The van der Waals surface area contributed by atoms with Crippen molar-refractivity contribution >= 4 is 28.7 Å². The number of aromatic nitrogens is 5. The molecule has 0 spiro atoms. The summed E-state index contributed by atoms with van der Waals surface area (Å²) in [7, 11) is 1.64. The largest absolute Gasteiger partial charge is 0.350 e. The number of nitrogens with one attached hydrogen (secondary N) is 1. The molecule has 118 valence electrons. The summed E-state index contributed by atoms with van der Waals surface area (Å²) in [6.07, 6.45) is 1.31. The summed E-state index contributed by atoms with van der Waals surface area (Å²) in [6.45, 7) is 0.136. The van der Waals surface area contributed by atoms with Crippen LogP contribution in [-0.4, -0.2) is 30.5 Å². The first-order chi connectivity index (χ1) is 11.1. The van der Waals surface area contributed by atoms with Crippen LogP contribution in [0.1, 0.15) is 5.56 Å². The van der Waals surface area contributed by atoms with Gasteiger partial charge in [0.05, 0.1) is 0 Å². The fourth-order valence-corrected chi connectivity index (χ4v) is 2.31. The Balaban J connectivity index is 1.72. The minimum absolute atomic E-state index is 0.133. The number of halogens is 1. The summed E-state index contributed by atoms with van der Waals surface area (Å²) < 4.78 is 2.59. The summed E-state index contributed by atoms with van der Waals surface area (Å²) in [6, 6.07) is 7.22. The number of hydrogen-bond donors (Lipinski definition) is 1. The molecule has 0 radical (unpaired) electrons. The highest BCUT2D eigenvalue weighted by molar-refractivity contribution is 6.31. The summed E-state index contributed by atoms with van der Waals surface area (Å²) >= 11 is 6.03. The highest BCUT2D eigenvalue weighted by Crippen LogP contribution is 2.14. The fourth-order valence-electron chi connectivity index (χ4n) is 2.11. The lowest BCUT2D eigenvalue weighted by atomic mass is 10.2. The van der Waals surface area contributed by atoms with Gasteiger partial charge in [-0.05, 0) is 11.6 Å². The molecule has 2 aromatic heterocycles. The van der Waals surface area contributed by atoms with E-state index in [9.17, 15) is 9.59 Å². The van der Waals surface area contributed by atoms with Crippen molar-refractivity contribution in [3.05, 3.63) is 51.5 Å². The number of aryl methyl sites for hydroxylation is 1. The zero-order valence-corrected chi connectivity index (χ0v) is 13.0. The third-order valence-electron chi connectivity index (χ3n) is 3.33. The van der Waals surface area contributed by atoms with Crippen LogP contribution in [0, 0.1) is 0 Å². The summed E-state index contributed by atoms with van der Waals surface area (Å²) in [5, 5.41) is 10.8. The second-order valence-electron chi connectivity index (χ2n) is 4.93. The summed E-state index contributed by atoms with van der Waals surface area (Å²) in [5.41, 5.74) is 0.907. The molecule has 3 rings (SSSR count). The van der Waals surface area contributed by atoms with Crippen LogP contribution in [0.3, 0.4) is 0 Å². The number of benzene rings is 1. The molecule has 0 aliphatic heterocycles. The lowest BCUT2D eigenvalue weighted by Crippen LogP contribution is -2.32. The molecule has 1 amide bonds. The van der Waals surface area contributed by atoms with Crippen LogP contribution in [-0.2, 0) is 24.9 Å². The zero-order chi connectivity index (χ0) is 16.4. The second-order valence-corrected chi connectivity index (χ2v) is 5.34. The first-order valence-corrected chi connectivity index (χ1v) is 7.19. The maximum Gasteiger partial charge on any atom is 0.283 e. The summed E-state index contributed by atoms with van der Waals surface area (Å²) in [4.78, 5) is 28.3. The Morgan fingerprint density at radius 2 is 2.13 bits per heavy atom. The highest BCUT2D eigenvalue weighted by Gasteiger charge is 2.12. The molecule has 1 aromatic carbocycles. The van der Waals surface area contributed by atoms with Crippen molar-refractivity contribution < 1.29 is 4.79 Å². The smallest absolute Gasteiger partial charge is 0.283 e. The Hall–Kier alpha value is -2.74. The van der Waals surface area contributed by atoms with E-state index >= 15 is 0 Å². The van der Waals surface area contributed by atoms with E-state index in [0.717, 1.165) is 5.56 Å². The number of fused-ring (bicyclic) bond motifs is 1. The first kappa shape index (κ1) is 15.2. The lowest BCUT2D eigenvalue weighted by Gasteiger charge is -2.08. The van der Waals surface area contributed by atoms with E-state index < -0.39 is 5.56 Å². The van der Waals surface area contributed by atoms with Gasteiger partial charge in [-0.1, -0.05) is 35.0 Å². The van der Waals surface area contributed by atoms with Gasteiger partial charge in [-0.25, -0.2) is 9.67 Å². The van der Waals surface area contributed by atoms with E-state index in [1.165, 1.54) is 15.6 Å². The molecule has 0 aliphatic rings. The van der Waals surface area contributed by atoms with Crippen molar-refractivity contribution in [2.75, 3.05) is 0 Å². The number of nitrogens with zero attached hydrogens (tertiary/aromatic N) is 5. The maximum atomic E-state index is 12.2. The van der Waals surface area contributed by atoms with Gasteiger partial charge in [0.25, 0.3) is 5.56 Å². The molecule has 1 N–H and O–H groups in total. The molecule has 23 heavy (non-hydrogen) atoms. The van der Waals surface area contributed by atoms with Crippen molar-refractivity contribution in [1.29, 1.82) is 0 Å². The zero-order valence-electron chi connectivity index (χ0n) is 12.2. The van der Waals surface area contributed by atoms with Crippen LogP contribution in [0.5, 0.6) is 0 Å². The molecule has 2 heterocycles. The van der Waals surface area contributed by atoms with Crippen LogP contribution in [0.15, 0.2) is 35.4 Å². The average molecular weight is 333 g/mol. The first-order valence-electron chi connectivity index (χ1n) is 6.81. The minimum Gasteiger partial charge on any atom is -0.350 e. The van der Waals surface area contributed by atoms with Crippen molar-refractivity contribution in [1.82, 2.24) is 29.9 Å². The van der Waals surface area contributed by atoms with Crippen LogP contribution in [0.25, 0.3) is 11.2 Å². The van der Waals surface area contributed by atoms with E-state index in [4.69, 9.17) is 11.6 Å². The van der Waals surface area contributed by atoms with E-state index in [2.05, 4.69) is 20.6 Å². The number of carbonyl (C=O) groups is 1. The van der Waals surface area contributed by atoms with Crippen molar-refractivity contribution in [2.45, 2.75) is 13.1 Å². The van der Waals surface area contributed by atoms with E-state index in [1.807, 2.05) is 18.2 Å². The normalized spacial score (nSPS) is 10.9. The van der Waals surface area contributed by atoms with Crippen molar-refractivity contribution in [3.8, 4) is 0 Å². The van der Waals surface area contributed by atoms with E-state index in [1.54, 1.807) is 13.1 Å². The monoisotopic (exact) mass is 332 g/mol. The van der Waals surface area contributed by atoms with Gasteiger partial charge in [-0.2, -0.15) is 0 Å². The van der Waals surface area contributed by atoms with Gasteiger partial charge in [0.15, 0.2) is 11.2 Å². The van der Waals surface area contributed by atoms with Gasteiger partial charge in [0.2, 0.25) is 5.91 Å². The molecule has 0 fully saturated rings. The second kappa shape index (κ2) is 6.17. The van der Waals surface area contributed by atoms with E-state index in [0.29, 0.717) is 10.7 Å². The Labute approximate surface area is 135 Å². The number of rotatable bonds is 4. The fraction of sp³-hybridized carbons (Fsp3) is 0.214. The highest BCUT2D eigenvalue weighted by atomic mass is 35.5. The molecular weight excluding hydrogens is 320 g/mol. The van der Waals surface area contributed by atoms with Gasteiger partial charge < -0.3 is 5.32 Å². The Morgan fingerprint density at radius 1 is 1.35 bits per heavy atom. The lowest BCUT2D eigenvalue weighted by molar-refractivity contribution is -0.121. The number of amides is 1. The quantitative estimate of drug-likeness (QED) is 0.750. The van der Waals surface area contributed by atoms with Gasteiger partial charge in [0.1, 0.15) is 12.9 Å². The predicted octanol–water partition coefficient (Wildman–Crippen LogP) is 0.495. The number of carbonyl (C=O) groups excluding carboxylic acids is 1. The van der Waals surface area contributed by atoms with Gasteiger partial charge in [-0.15, -0.1) is 5.10 Å². The Kier molecular flexibility index (Phi) is 4.07. The minimum atomic E-state index is -0.406. The number of hydrogen-bond acceptors (Lipinski definition) is 5. The standard InChI is InChI=1S/C14H13ClN6O2/c1-20-13-12(18-19-20)14(23)21(8-17-13)7-11(22)16-6-9-4-2-3-5-10(9)15/h2-5,8H,6-7H2,1H3,(H,16,22).